The van der Waals surface area contributed by atoms with Gasteiger partial charge in [-0.15, -0.1) is 0 Å². The van der Waals surface area contributed by atoms with Crippen molar-refractivity contribution in [2.75, 3.05) is 13.8 Å². The van der Waals surface area contributed by atoms with E-state index in [1.54, 1.807) is 0 Å². The Labute approximate surface area is 74.7 Å². The zero-order valence-electron chi connectivity index (χ0n) is 7.13. The second-order valence-electron chi connectivity index (χ2n) is 2.90. The van der Waals surface area contributed by atoms with Crippen LogP contribution in [0.25, 0.3) is 0 Å². The molecule has 5 atom stereocenters. The molecule has 0 spiro atoms. The van der Waals surface area contributed by atoms with Gasteiger partial charge in [-0.2, -0.15) is 0 Å². The first kappa shape index (κ1) is 10.8. The van der Waals surface area contributed by atoms with Crippen molar-refractivity contribution in [2.45, 2.75) is 30.7 Å². The molecule has 6 heteroatoms. The fourth-order valence-corrected chi connectivity index (χ4v) is 1.24. The van der Waals surface area contributed by atoms with Gasteiger partial charge < -0.3 is 24.8 Å². The van der Waals surface area contributed by atoms with Crippen LogP contribution in [0.1, 0.15) is 0 Å². The molecule has 5 nitrogen and oxygen atoms in total. The summed E-state index contributed by atoms with van der Waals surface area (Å²) in [5.74, 6) is 0. The van der Waals surface area contributed by atoms with Crippen LogP contribution in [0.15, 0.2) is 0 Å². The zero-order valence-corrected chi connectivity index (χ0v) is 7.13. The number of hydrogen-bond acceptors (Lipinski definition) is 5. The van der Waals surface area contributed by atoms with Gasteiger partial charge in [0, 0.05) is 7.11 Å². The van der Waals surface area contributed by atoms with E-state index < -0.39 is 37.4 Å². The van der Waals surface area contributed by atoms with Gasteiger partial charge in [-0.1, -0.05) is 0 Å². The van der Waals surface area contributed by atoms with Crippen molar-refractivity contribution in [3.8, 4) is 0 Å². The van der Waals surface area contributed by atoms with Gasteiger partial charge in [-0.05, 0) is 0 Å². The summed E-state index contributed by atoms with van der Waals surface area (Å²) in [6.45, 7) is -0.940. The summed E-state index contributed by atoms with van der Waals surface area (Å²) in [7, 11) is 1.26. The number of methoxy groups -OCH3 is 1. The molecule has 0 aromatic heterocycles. The predicted octanol–water partition coefficient (Wildman–Crippen LogP) is -1.59. The number of halogens is 1. The summed E-state index contributed by atoms with van der Waals surface area (Å²) in [6, 6.07) is 0. The Bertz CT molecular complexity index is 147. The minimum absolute atomic E-state index is 0.940. The van der Waals surface area contributed by atoms with Gasteiger partial charge in [0.1, 0.15) is 31.1 Å². The lowest BCUT2D eigenvalue weighted by Crippen LogP contribution is -2.58. The van der Waals surface area contributed by atoms with E-state index in [1.165, 1.54) is 7.11 Å². The molecule has 0 saturated carbocycles. The molecule has 1 saturated heterocycles. The highest BCUT2D eigenvalue weighted by Gasteiger charge is 2.43. The lowest BCUT2D eigenvalue weighted by Gasteiger charge is -2.38. The van der Waals surface area contributed by atoms with Crippen LogP contribution < -0.4 is 0 Å². The summed E-state index contributed by atoms with van der Waals surface area (Å²) in [6.07, 6.45) is -6.48. The molecule has 5 unspecified atom stereocenters. The summed E-state index contributed by atoms with van der Waals surface area (Å²) in [5.41, 5.74) is 0. The highest BCUT2D eigenvalue weighted by atomic mass is 19.1. The van der Waals surface area contributed by atoms with Gasteiger partial charge in [0.05, 0.1) is 0 Å². The molecule has 1 aliphatic rings. The van der Waals surface area contributed by atoms with Gasteiger partial charge in [-0.3, -0.25) is 0 Å². The first-order valence-corrected chi connectivity index (χ1v) is 3.90. The van der Waals surface area contributed by atoms with Crippen molar-refractivity contribution in [3.05, 3.63) is 0 Å². The van der Waals surface area contributed by atoms with Crippen molar-refractivity contribution in [2.24, 2.45) is 0 Å². The molecule has 0 amide bonds. The Kier molecular flexibility index (Phi) is 3.57. The van der Waals surface area contributed by atoms with Crippen LogP contribution in [-0.2, 0) is 9.47 Å². The third-order valence-corrected chi connectivity index (χ3v) is 2.05. The molecular weight excluding hydrogens is 183 g/mol. The van der Waals surface area contributed by atoms with Crippen molar-refractivity contribution in [1.29, 1.82) is 0 Å². The quantitative estimate of drug-likeness (QED) is 0.496. The average molecular weight is 196 g/mol. The van der Waals surface area contributed by atoms with Gasteiger partial charge in [0.2, 0.25) is 0 Å². The number of hydrogen-bond donors (Lipinski definition) is 3. The van der Waals surface area contributed by atoms with Crippen LogP contribution in [0.4, 0.5) is 4.39 Å². The van der Waals surface area contributed by atoms with Crippen LogP contribution in [0, 0.1) is 0 Å². The maximum atomic E-state index is 12.2. The second-order valence-corrected chi connectivity index (χ2v) is 2.90. The third kappa shape index (κ3) is 1.97. The molecule has 1 heterocycles. The van der Waals surface area contributed by atoms with Gasteiger partial charge in [-0.25, -0.2) is 4.39 Å². The minimum atomic E-state index is -1.44. The first-order chi connectivity index (χ1) is 6.11. The largest absolute Gasteiger partial charge is 0.387 e. The molecule has 1 rings (SSSR count). The third-order valence-electron chi connectivity index (χ3n) is 2.05. The molecule has 0 bridgehead atoms. The monoisotopic (exact) mass is 196 g/mol. The maximum Gasteiger partial charge on any atom is 0.186 e. The zero-order chi connectivity index (χ0) is 10.0. The standard InChI is InChI=1S/C7H13FO5/c1-12-7-6(11)5(10)4(9)3(2-8)13-7/h3-7,9-11H,2H2,1H3. The summed E-state index contributed by atoms with van der Waals surface area (Å²) in [4.78, 5) is 0. The number of aliphatic hydroxyl groups is 3. The van der Waals surface area contributed by atoms with Crippen LogP contribution in [0.5, 0.6) is 0 Å². The topological polar surface area (TPSA) is 79.2 Å². The normalized spacial score (nSPS) is 46.4. The second kappa shape index (κ2) is 4.30. The Morgan fingerprint density at radius 2 is 1.85 bits per heavy atom. The van der Waals surface area contributed by atoms with Crippen molar-refractivity contribution < 1.29 is 29.2 Å². The molecular formula is C7H13FO5. The highest BCUT2D eigenvalue weighted by Crippen LogP contribution is 2.21. The summed E-state index contributed by atoms with van der Waals surface area (Å²) < 4.78 is 21.7. The molecule has 1 fully saturated rings. The fraction of sp³-hybridized carbons (Fsp3) is 1.00. The van der Waals surface area contributed by atoms with E-state index in [0.29, 0.717) is 0 Å². The van der Waals surface area contributed by atoms with E-state index in [0.717, 1.165) is 0 Å². The molecule has 0 aromatic carbocycles. The predicted molar refractivity (Wildman–Crippen MR) is 39.7 cm³/mol. The maximum absolute atomic E-state index is 12.2. The molecule has 1 aliphatic heterocycles. The highest BCUT2D eigenvalue weighted by molar-refractivity contribution is 4.88. The molecule has 0 aromatic rings. The Morgan fingerprint density at radius 1 is 1.23 bits per heavy atom. The van der Waals surface area contributed by atoms with Crippen LogP contribution in [0.3, 0.4) is 0 Å². The summed E-state index contributed by atoms with van der Waals surface area (Å²) >= 11 is 0. The molecule has 78 valence electrons. The summed E-state index contributed by atoms with van der Waals surface area (Å²) in [5, 5.41) is 27.7. The van der Waals surface area contributed by atoms with E-state index in [2.05, 4.69) is 4.74 Å². The molecule has 0 aliphatic carbocycles. The van der Waals surface area contributed by atoms with Crippen LogP contribution in [0.2, 0.25) is 0 Å². The number of aliphatic hydroxyl groups excluding tert-OH is 3. The minimum Gasteiger partial charge on any atom is -0.387 e. The number of rotatable bonds is 2. The van der Waals surface area contributed by atoms with Gasteiger partial charge in [0.15, 0.2) is 6.29 Å². The van der Waals surface area contributed by atoms with Gasteiger partial charge in [0.25, 0.3) is 0 Å². The lowest BCUT2D eigenvalue weighted by molar-refractivity contribution is -0.291. The Balaban J connectivity index is 2.66. The Morgan fingerprint density at radius 3 is 2.31 bits per heavy atom. The smallest absolute Gasteiger partial charge is 0.186 e. The number of alkyl halides is 1. The van der Waals surface area contributed by atoms with E-state index in [1.807, 2.05) is 0 Å². The van der Waals surface area contributed by atoms with Gasteiger partial charge >= 0.3 is 0 Å². The van der Waals surface area contributed by atoms with E-state index >= 15 is 0 Å². The van der Waals surface area contributed by atoms with Crippen LogP contribution >= 0.6 is 0 Å². The molecule has 13 heavy (non-hydrogen) atoms. The van der Waals surface area contributed by atoms with E-state index in [-0.39, 0.29) is 0 Å². The SMILES string of the molecule is COC1OC(CF)C(O)C(O)C1O. The van der Waals surface area contributed by atoms with Crippen molar-refractivity contribution in [3.63, 3.8) is 0 Å². The Hall–Kier alpha value is -0.270. The van der Waals surface area contributed by atoms with E-state index in [9.17, 15) is 19.7 Å². The van der Waals surface area contributed by atoms with Crippen LogP contribution in [-0.4, -0.2) is 59.8 Å². The molecule has 0 radical (unpaired) electrons. The van der Waals surface area contributed by atoms with Crippen molar-refractivity contribution in [1.82, 2.24) is 0 Å². The van der Waals surface area contributed by atoms with E-state index in [4.69, 9.17) is 4.74 Å². The molecule has 3 N–H and O–H groups in total. The lowest BCUT2D eigenvalue weighted by atomic mass is 10.00. The number of ether oxygens (including phenoxy) is 2. The van der Waals surface area contributed by atoms with Crippen molar-refractivity contribution >= 4 is 0 Å². The average Bonchev–Trinajstić information content (AvgIpc) is 2.15. The fourth-order valence-electron chi connectivity index (χ4n) is 1.24. The first-order valence-electron chi connectivity index (χ1n) is 3.90.